The summed E-state index contributed by atoms with van der Waals surface area (Å²) in [6, 6.07) is 21.7. The van der Waals surface area contributed by atoms with Crippen LogP contribution in [0.3, 0.4) is 0 Å². The van der Waals surface area contributed by atoms with Crippen molar-refractivity contribution in [2.45, 2.75) is 45.9 Å². The number of nitrogens with zero attached hydrogens (tertiary/aromatic N) is 3. The van der Waals surface area contributed by atoms with Crippen molar-refractivity contribution in [1.82, 2.24) is 15.0 Å². The Morgan fingerprint density at radius 3 is 2.50 bits per heavy atom. The molecule has 0 spiro atoms. The van der Waals surface area contributed by atoms with E-state index >= 15 is 0 Å². The van der Waals surface area contributed by atoms with E-state index in [4.69, 9.17) is 18.7 Å². The number of aromatic nitrogens is 2. The summed E-state index contributed by atoms with van der Waals surface area (Å²) in [7, 11) is 3.32. The Bertz CT molecular complexity index is 1480. The maximum absolute atomic E-state index is 12.2. The molecule has 1 aromatic heterocycles. The van der Waals surface area contributed by atoms with E-state index in [1.165, 1.54) is 0 Å². The van der Waals surface area contributed by atoms with Crippen LogP contribution in [0.15, 0.2) is 71.3 Å². The van der Waals surface area contributed by atoms with Gasteiger partial charge < -0.3 is 23.8 Å². The monoisotopic (exact) mass is 573 g/mol. The minimum atomic E-state index is -0.528. The van der Waals surface area contributed by atoms with Gasteiger partial charge in [0, 0.05) is 43.4 Å². The SMILES string of the molecule is COCc1cc(-c2nc(-c3cccc(CN(CCO)CCC(=O)OC(C)(C)C)c3)no2)ccc1-c1ccccc1OC. The lowest BCUT2D eigenvalue weighted by Gasteiger charge is -2.23. The number of ether oxygens (including phenoxy) is 3. The summed E-state index contributed by atoms with van der Waals surface area (Å²) in [5.41, 5.74) is 5.01. The number of aliphatic hydroxyl groups is 1. The predicted molar refractivity (Wildman–Crippen MR) is 161 cm³/mol. The topological polar surface area (TPSA) is 107 Å². The molecule has 0 aliphatic carbocycles. The summed E-state index contributed by atoms with van der Waals surface area (Å²) in [6.07, 6.45) is 0.242. The second kappa shape index (κ2) is 14.2. The molecule has 0 saturated carbocycles. The lowest BCUT2D eigenvalue weighted by molar-refractivity contribution is -0.155. The van der Waals surface area contributed by atoms with Crippen LogP contribution >= 0.6 is 0 Å². The molecule has 0 bridgehead atoms. The van der Waals surface area contributed by atoms with Crippen LogP contribution in [0.4, 0.5) is 0 Å². The zero-order valence-corrected chi connectivity index (χ0v) is 24.9. The van der Waals surface area contributed by atoms with Crippen molar-refractivity contribution in [2.24, 2.45) is 0 Å². The van der Waals surface area contributed by atoms with E-state index in [9.17, 15) is 9.90 Å². The number of esters is 1. The van der Waals surface area contributed by atoms with Gasteiger partial charge in [0.15, 0.2) is 0 Å². The molecule has 0 aliphatic rings. The molecule has 9 nitrogen and oxygen atoms in total. The molecule has 0 aliphatic heterocycles. The molecule has 1 heterocycles. The van der Waals surface area contributed by atoms with Crippen molar-refractivity contribution in [1.29, 1.82) is 0 Å². The van der Waals surface area contributed by atoms with Crippen molar-refractivity contribution < 1.29 is 28.6 Å². The zero-order valence-electron chi connectivity index (χ0n) is 24.9. The molecular formula is C33H39N3O6. The molecule has 0 radical (unpaired) electrons. The third kappa shape index (κ3) is 8.25. The van der Waals surface area contributed by atoms with Crippen LogP contribution in [0.1, 0.15) is 38.3 Å². The predicted octanol–water partition coefficient (Wildman–Crippen LogP) is 5.75. The normalized spacial score (nSPS) is 11.6. The summed E-state index contributed by atoms with van der Waals surface area (Å²) in [6.45, 7) is 7.40. The molecule has 0 atom stereocenters. The molecule has 4 aromatic rings. The third-order valence-electron chi connectivity index (χ3n) is 6.53. The van der Waals surface area contributed by atoms with Crippen LogP contribution in [0.2, 0.25) is 0 Å². The lowest BCUT2D eigenvalue weighted by atomic mass is 9.97. The molecule has 0 unspecified atom stereocenters. The van der Waals surface area contributed by atoms with Gasteiger partial charge in [-0.1, -0.05) is 47.6 Å². The third-order valence-corrected chi connectivity index (χ3v) is 6.53. The smallest absolute Gasteiger partial charge is 0.307 e. The van der Waals surface area contributed by atoms with Gasteiger partial charge in [0.25, 0.3) is 5.89 Å². The van der Waals surface area contributed by atoms with Gasteiger partial charge in [-0.25, -0.2) is 0 Å². The standard InChI is InChI=1S/C33H39N3O6/c1-33(2,3)41-30(38)15-16-36(17-18-37)21-23-9-8-10-24(19-23)31-34-32(42-35-31)25-13-14-27(26(20-25)22-39-4)28-11-6-7-12-29(28)40-5/h6-14,19-20,37H,15-18,21-22H2,1-5H3. The highest BCUT2D eigenvalue weighted by Gasteiger charge is 2.18. The minimum absolute atomic E-state index is 0.0108. The fraction of sp³-hybridized carbons (Fsp3) is 0.364. The second-order valence-corrected chi connectivity index (χ2v) is 11.0. The van der Waals surface area contributed by atoms with Crippen molar-refractivity contribution in [2.75, 3.05) is 33.9 Å². The summed E-state index contributed by atoms with van der Waals surface area (Å²) >= 11 is 0. The number of para-hydroxylation sites is 1. The van der Waals surface area contributed by atoms with E-state index in [1.54, 1.807) is 14.2 Å². The molecule has 9 heteroatoms. The molecule has 222 valence electrons. The average Bonchev–Trinajstić information content (AvgIpc) is 3.46. The van der Waals surface area contributed by atoms with Crippen LogP contribution in [-0.2, 0) is 27.4 Å². The van der Waals surface area contributed by atoms with Crippen LogP contribution < -0.4 is 4.74 Å². The molecule has 4 rings (SSSR count). The highest BCUT2D eigenvalue weighted by Crippen LogP contribution is 2.35. The zero-order chi connectivity index (χ0) is 30.1. The first-order chi connectivity index (χ1) is 20.2. The Morgan fingerprint density at radius 2 is 1.76 bits per heavy atom. The molecule has 0 fully saturated rings. The van der Waals surface area contributed by atoms with Crippen molar-refractivity contribution in [3.63, 3.8) is 0 Å². The lowest BCUT2D eigenvalue weighted by Crippen LogP contribution is -2.31. The van der Waals surface area contributed by atoms with E-state index in [1.807, 2.05) is 92.4 Å². The minimum Gasteiger partial charge on any atom is -0.496 e. The van der Waals surface area contributed by atoms with E-state index in [0.29, 0.717) is 38.0 Å². The number of carbonyl (C=O) groups excluding carboxylic acids is 1. The first-order valence-corrected chi connectivity index (χ1v) is 13.9. The highest BCUT2D eigenvalue weighted by molar-refractivity contribution is 5.76. The first kappa shape index (κ1) is 30.9. The number of aliphatic hydroxyl groups excluding tert-OH is 1. The summed E-state index contributed by atoms with van der Waals surface area (Å²) in [5.74, 6) is 1.39. The van der Waals surface area contributed by atoms with E-state index in [0.717, 1.165) is 39.1 Å². The number of rotatable bonds is 13. The van der Waals surface area contributed by atoms with Gasteiger partial charge in [-0.15, -0.1) is 0 Å². The Kier molecular flexibility index (Phi) is 10.5. The molecule has 0 saturated heterocycles. The van der Waals surface area contributed by atoms with Gasteiger partial charge in [-0.3, -0.25) is 9.69 Å². The van der Waals surface area contributed by atoms with Crippen molar-refractivity contribution in [3.8, 4) is 39.7 Å². The Hall–Kier alpha value is -4.05. The second-order valence-electron chi connectivity index (χ2n) is 11.0. The average molecular weight is 574 g/mol. The molecule has 1 N–H and O–H groups in total. The summed E-state index contributed by atoms with van der Waals surface area (Å²) in [4.78, 5) is 18.9. The Balaban J connectivity index is 1.52. The Labute approximate surface area is 247 Å². The maximum atomic E-state index is 12.2. The molecule has 3 aromatic carbocycles. The van der Waals surface area contributed by atoms with Crippen LogP contribution in [0.25, 0.3) is 34.0 Å². The first-order valence-electron chi connectivity index (χ1n) is 13.9. The van der Waals surface area contributed by atoms with E-state index in [-0.39, 0.29) is 19.0 Å². The van der Waals surface area contributed by atoms with Crippen LogP contribution in [-0.4, -0.2) is 65.6 Å². The van der Waals surface area contributed by atoms with Crippen LogP contribution in [0, 0.1) is 0 Å². The van der Waals surface area contributed by atoms with Gasteiger partial charge in [0.2, 0.25) is 5.82 Å². The number of methoxy groups -OCH3 is 2. The maximum Gasteiger partial charge on any atom is 0.307 e. The summed E-state index contributed by atoms with van der Waals surface area (Å²) in [5, 5.41) is 13.8. The number of hydrogen-bond acceptors (Lipinski definition) is 9. The van der Waals surface area contributed by atoms with Crippen molar-refractivity contribution in [3.05, 3.63) is 77.9 Å². The summed E-state index contributed by atoms with van der Waals surface area (Å²) < 4.78 is 22.2. The Morgan fingerprint density at radius 1 is 0.952 bits per heavy atom. The van der Waals surface area contributed by atoms with Gasteiger partial charge in [0.1, 0.15) is 11.4 Å². The number of benzene rings is 3. The molecular weight excluding hydrogens is 534 g/mol. The van der Waals surface area contributed by atoms with Gasteiger partial charge in [-0.2, -0.15) is 4.98 Å². The number of hydrogen-bond donors (Lipinski definition) is 1. The van der Waals surface area contributed by atoms with E-state index in [2.05, 4.69) is 10.1 Å². The number of carbonyl (C=O) groups is 1. The van der Waals surface area contributed by atoms with E-state index < -0.39 is 5.60 Å². The quantitative estimate of drug-likeness (QED) is 0.200. The molecule has 0 amide bonds. The molecule has 42 heavy (non-hydrogen) atoms. The van der Waals surface area contributed by atoms with Gasteiger partial charge in [0.05, 0.1) is 26.7 Å². The van der Waals surface area contributed by atoms with Crippen LogP contribution in [0.5, 0.6) is 5.75 Å². The highest BCUT2D eigenvalue weighted by atomic mass is 16.6. The fourth-order valence-electron chi connectivity index (χ4n) is 4.71. The van der Waals surface area contributed by atoms with Crippen molar-refractivity contribution >= 4 is 5.97 Å². The largest absolute Gasteiger partial charge is 0.496 e. The van der Waals surface area contributed by atoms with Gasteiger partial charge >= 0.3 is 5.97 Å². The van der Waals surface area contributed by atoms with Gasteiger partial charge in [-0.05, 0) is 61.7 Å². The fourth-order valence-corrected chi connectivity index (χ4v) is 4.71.